The largest absolute Gasteiger partial charge is 0.498 e. The van der Waals surface area contributed by atoms with E-state index in [1.807, 2.05) is 47.6 Å². The van der Waals surface area contributed by atoms with Crippen molar-refractivity contribution < 1.29 is 4.74 Å². The van der Waals surface area contributed by atoms with Gasteiger partial charge in [0.1, 0.15) is 0 Å². The van der Waals surface area contributed by atoms with Gasteiger partial charge in [-0.2, -0.15) is 0 Å². The quantitative estimate of drug-likeness (QED) is 0.461. The Balaban J connectivity index is -0.000000266. The molecule has 0 N–H and O–H groups in total. The van der Waals surface area contributed by atoms with E-state index in [9.17, 15) is 0 Å². The van der Waals surface area contributed by atoms with Crippen LogP contribution in [0, 0.1) is 0 Å². The van der Waals surface area contributed by atoms with Gasteiger partial charge >= 0.3 is 0 Å². The zero-order chi connectivity index (χ0) is 12.0. The molecule has 0 aromatic heterocycles. The lowest BCUT2D eigenvalue weighted by molar-refractivity contribution is 0.212. The van der Waals surface area contributed by atoms with Crippen LogP contribution >= 0.6 is 0 Å². The molecule has 0 rings (SSSR count). The van der Waals surface area contributed by atoms with E-state index in [-0.39, 0.29) is 0 Å². The summed E-state index contributed by atoms with van der Waals surface area (Å²) in [5, 5.41) is 0. The molecule has 0 aliphatic carbocycles. The molecular weight excluding hydrogens is 172 g/mol. The molecule has 0 bridgehead atoms. The van der Waals surface area contributed by atoms with Gasteiger partial charge in [-0.1, -0.05) is 47.3 Å². The Labute approximate surface area is 90.9 Å². The fourth-order valence-corrected chi connectivity index (χ4v) is 0.513. The molecule has 1 heteroatoms. The molecule has 0 saturated carbocycles. The topological polar surface area (TPSA) is 9.23 Å². The van der Waals surface area contributed by atoms with Crippen LogP contribution in [0.4, 0.5) is 0 Å². The summed E-state index contributed by atoms with van der Waals surface area (Å²) in [6.07, 6.45) is 2.87. The van der Waals surface area contributed by atoms with Crippen molar-refractivity contribution in [3.8, 4) is 0 Å². The van der Waals surface area contributed by atoms with Crippen LogP contribution < -0.4 is 0 Å². The van der Waals surface area contributed by atoms with Crippen molar-refractivity contribution in [3.63, 3.8) is 0 Å². The monoisotopic (exact) mass is 200 g/mol. The first-order chi connectivity index (χ1) is 6.72. The highest BCUT2D eigenvalue weighted by Gasteiger charge is 1.91. The third-order valence-corrected chi connectivity index (χ3v) is 1.38. The van der Waals surface area contributed by atoms with Crippen LogP contribution in [0.2, 0.25) is 0 Å². The van der Waals surface area contributed by atoms with E-state index < -0.39 is 0 Å². The first-order valence-electron chi connectivity index (χ1n) is 5.65. The fraction of sp³-hybridized carbons (Fsp3) is 0.692. The summed E-state index contributed by atoms with van der Waals surface area (Å²) in [6, 6.07) is 0. The minimum absolute atomic E-state index is 0.803. The normalized spacial score (nSPS) is 9.64. The maximum atomic E-state index is 5.35. The third-order valence-electron chi connectivity index (χ3n) is 1.38. The summed E-state index contributed by atoms with van der Waals surface area (Å²) in [7, 11) is 0. The van der Waals surface area contributed by atoms with Crippen LogP contribution in [0.25, 0.3) is 0 Å². The van der Waals surface area contributed by atoms with E-state index in [4.69, 9.17) is 4.74 Å². The summed E-state index contributed by atoms with van der Waals surface area (Å²) in [6.45, 7) is 18.5. The number of hydrogen-bond donors (Lipinski definition) is 0. The summed E-state index contributed by atoms with van der Waals surface area (Å²) < 4.78 is 5.35. The molecular formula is C13H28O. The molecule has 0 amide bonds. The van der Waals surface area contributed by atoms with Crippen molar-refractivity contribution in [1.29, 1.82) is 0 Å². The lowest BCUT2D eigenvalue weighted by atomic mass is 10.3. The van der Waals surface area contributed by atoms with Crippen molar-refractivity contribution in [2.45, 2.75) is 54.9 Å². The fourth-order valence-electron chi connectivity index (χ4n) is 0.513. The molecule has 0 unspecified atom stereocenters. The second-order valence-electron chi connectivity index (χ2n) is 2.29. The van der Waals surface area contributed by atoms with Crippen LogP contribution in [0.5, 0.6) is 0 Å². The Kier molecular flexibility index (Phi) is 24.6. The highest BCUT2D eigenvalue weighted by atomic mass is 16.5. The van der Waals surface area contributed by atoms with E-state index in [0.717, 1.165) is 24.4 Å². The second-order valence-corrected chi connectivity index (χ2v) is 2.29. The zero-order valence-electron chi connectivity index (χ0n) is 11.1. The first kappa shape index (κ1) is 18.9. The van der Waals surface area contributed by atoms with Crippen LogP contribution in [-0.4, -0.2) is 6.61 Å². The lowest BCUT2D eigenvalue weighted by Crippen LogP contribution is -1.91. The summed E-state index contributed by atoms with van der Waals surface area (Å²) in [5.41, 5.74) is 1.12. The standard InChI is InChI=1S/C9H16O.2C2H6/c1-5-7-10-9(4)8(3)6-2;2*1-2/h6H,2,5,7H2,1,3-4H3;2*1-2H3/b9-8+;;. The van der Waals surface area contributed by atoms with E-state index in [0.29, 0.717) is 0 Å². The van der Waals surface area contributed by atoms with Gasteiger partial charge in [-0.15, -0.1) is 0 Å². The molecule has 0 heterocycles. The van der Waals surface area contributed by atoms with Gasteiger partial charge in [0, 0.05) is 0 Å². The SMILES string of the molecule is C=C/C(C)=C(\C)OCCC.CC.CC. The zero-order valence-corrected chi connectivity index (χ0v) is 11.1. The van der Waals surface area contributed by atoms with E-state index in [1.165, 1.54) is 0 Å². The number of ether oxygens (including phenoxy) is 1. The van der Waals surface area contributed by atoms with Crippen molar-refractivity contribution in [3.05, 3.63) is 24.0 Å². The molecule has 0 spiro atoms. The smallest absolute Gasteiger partial charge is 0.0957 e. The maximum Gasteiger partial charge on any atom is 0.0957 e. The van der Waals surface area contributed by atoms with Gasteiger partial charge < -0.3 is 4.74 Å². The summed E-state index contributed by atoms with van der Waals surface area (Å²) in [5.74, 6) is 0.983. The van der Waals surface area contributed by atoms with Gasteiger partial charge in [-0.25, -0.2) is 0 Å². The summed E-state index contributed by atoms with van der Waals surface area (Å²) >= 11 is 0. The van der Waals surface area contributed by atoms with Crippen LogP contribution in [0.15, 0.2) is 24.0 Å². The van der Waals surface area contributed by atoms with Crippen molar-refractivity contribution in [1.82, 2.24) is 0 Å². The Morgan fingerprint density at radius 2 is 1.57 bits per heavy atom. The molecule has 86 valence electrons. The van der Waals surface area contributed by atoms with Crippen molar-refractivity contribution >= 4 is 0 Å². The predicted octanol–water partition coefficient (Wildman–Crippen LogP) is 4.95. The predicted molar refractivity (Wildman–Crippen MR) is 67.5 cm³/mol. The molecule has 0 aromatic carbocycles. The molecule has 0 fully saturated rings. The Bertz CT molecular complexity index is 134. The highest BCUT2D eigenvalue weighted by Crippen LogP contribution is 2.05. The van der Waals surface area contributed by atoms with E-state index in [1.54, 1.807) is 0 Å². The minimum Gasteiger partial charge on any atom is -0.498 e. The molecule has 0 atom stereocenters. The number of rotatable bonds is 4. The Morgan fingerprint density at radius 1 is 1.14 bits per heavy atom. The molecule has 14 heavy (non-hydrogen) atoms. The number of allylic oxidation sites excluding steroid dienone is 3. The van der Waals surface area contributed by atoms with Crippen molar-refractivity contribution in [2.24, 2.45) is 0 Å². The average Bonchev–Trinajstić information content (AvgIpc) is 2.30. The molecule has 0 radical (unpaired) electrons. The van der Waals surface area contributed by atoms with Gasteiger partial charge in [0.2, 0.25) is 0 Å². The molecule has 1 nitrogen and oxygen atoms in total. The minimum atomic E-state index is 0.803. The number of hydrogen-bond acceptors (Lipinski definition) is 1. The third kappa shape index (κ3) is 13.8. The van der Waals surface area contributed by atoms with Gasteiger partial charge in [0.15, 0.2) is 0 Å². The Morgan fingerprint density at radius 3 is 1.86 bits per heavy atom. The van der Waals surface area contributed by atoms with Crippen LogP contribution in [0.1, 0.15) is 54.9 Å². The van der Waals surface area contributed by atoms with E-state index in [2.05, 4.69) is 13.5 Å². The summed E-state index contributed by atoms with van der Waals surface area (Å²) in [4.78, 5) is 0. The van der Waals surface area contributed by atoms with Gasteiger partial charge in [0.05, 0.1) is 12.4 Å². The van der Waals surface area contributed by atoms with Gasteiger partial charge in [0.25, 0.3) is 0 Å². The first-order valence-corrected chi connectivity index (χ1v) is 5.65. The maximum absolute atomic E-state index is 5.35. The molecule has 0 aliphatic rings. The van der Waals surface area contributed by atoms with E-state index >= 15 is 0 Å². The second kappa shape index (κ2) is 18.1. The van der Waals surface area contributed by atoms with Crippen molar-refractivity contribution in [2.75, 3.05) is 6.61 Å². The van der Waals surface area contributed by atoms with Gasteiger partial charge in [-0.05, 0) is 25.8 Å². The molecule has 0 saturated heterocycles. The molecule has 0 aromatic rings. The lowest BCUT2D eigenvalue weighted by Gasteiger charge is -2.05. The van der Waals surface area contributed by atoms with Crippen LogP contribution in [0.3, 0.4) is 0 Å². The Hall–Kier alpha value is -0.720. The van der Waals surface area contributed by atoms with Crippen LogP contribution in [-0.2, 0) is 4.74 Å². The molecule has 0 aliphatic heterocycles. The average molecular weight is 200 g/mol. The van der Waals surface area contributed by atoms with Gasteiger partial charge in [-0.3, -0.25) is 0 Å². The highest BCUT2D eigenvalue weighted by molar-refractivity contribution is 5.15.